The minimum absolute atomic E-state index is 0.0581. The van der Waals surface area contributed by atoms with Gasteiger partial charge in [0.2, 0.25) is 0 Å². The van der Waals surface area contributed by atoms with E-state index in [2.05, 4.69) is 21.2 Å². The second-order valence-electron chi connectivity index (χ2n) is 4.48. The topological polar surface area (TPSA) is 35.8 Å². The Morgan fingerprint density at radius 2 is 1.76 bits per heavy atom. The van der Waals surface area contributed by atoms with E-state index < -0.39 is 11.7 Å². The van der Waals surface area contributed by atoms with E-state index in [0.717, 1.165) is 22.2 Å². The van der Waals surface area contributed by atoms with E-state index in [4.69, 9.17) is 5.26 Å². The van der Waals surface area contributed by atoms with Gasteiger partial charge in [-0.3, -0.25) is 0 Å². The van der Waals surface area contributed by atoms with Crippen LogP contribution in [0.3, 0.4) is 0 Å². The highest BCUT2D eigenvalue weighted by Crippen LogP contribution is 2.33. The highest BCUT2D eigenvalue weighted by Gasteiger charge is 2.31. The van der Waals surface area contributed by atoms with Gasteiger partial charge in [-0.25, -0.2) is 0 Å². The first-order chi connectivity index (χ1) is 9.81. The van der Waals surface area contributed by atoms with Gasteiger partial charge in [0.25, 0.3) is 0 Å². The van der Waals surface area contributed by atoms with Crippen LogP contribution in [-0.2, 0) is 6.18 Å². The standard InChI is InChI=1S/C15H10BrF3N2/c1-9-2-4-14(12(16)6-9)21-13-5-3-11(15(17,18)19)7-10(13)8-20/h2-7,21H,1H3. The maximum atomic E-state index is 12.6. The molecule has 0 amide bonds. The Morgan fingerprint density at radius 3 is 2.33 bits per heavy atom. The Balaban J connectivity index is 2.39. The molecule has 0 atom stereocenters. The van der Waals surface area contributed by atoms with Crippen LogP contribution in [0.4, 0.5) is 24.5 Å². The van der Waals surface area contributed by atoms with Crippen molar-refractivity contribution in [3.05, 3.63) is 57.6 Å². The number of nitrogens with one attached hydrogen (secondary N) is 1. The lowest BCUT2D eigenvalue weighted by atomic mass is 10.1. The van der Waals surface area contributed by atoms with Crippen molar-refractivity contribution in [2.24, 2.45) is 0 Å². The zero-order valence-electron chi connectivity index (χ0n) is 10.9. The summed E-state index contributed by atoms with van der Waals surface area (Å²) in [6.07, 6.45) is -4.46. The molecule has 0 saturated carbocycles. The summed E-state index contributed by atoms with van der Waals surface area (Å²) in [5, 5.41) is 12.0. The average molecular weight is 355 g/mol. The summed E-state index contributed by atoms with van der Waals surface area (Å²) in [4.78, 5) is 0. The third-order valence-corrected chi connectivity index (χ3v) is 3.52. The number of alkyl halides is 3. The van der Waals surface area contributed by atoms with Gasteiger partial charge in [0.1, 0.15) is 6.07 Å². The van der Waals surface area contributed by atoms with Crippen molar-refractivity contribution < 1.29 is 13.2 Å². The Labute approximate surface area is 128 Å². The zero-order chi connectivity index (χ0) is 15.6. The number of aryl methyl sites for hydroxylation is 1. The molecule has 1 N–H and O–H groups in total. The lowest BCUT2D eigenvalue weighted by Gasteiger charge is -2.13. The van der Waals surface area contributed by atoms with Crippen molar-refractivity contribution >= 4 is 27.3 Å². The second kappa shape index (κ2) is 5.78. The van der Waals surface area contributed by atoms with Crippen molar-refractivity contribution in [2.75, 3.05) is 5.32 Å². The summed E-state index contributed by atoms with van der Waals surface area (Å²) in [7, 11) is 0. The third-order valence-electron chi connectivity index (χ3n) is 2.86. The molecule has 0 fully saturated rings. The van der Waals surface area contributed by atoms with E-state index in [1.807, 2.05) is 19.1 Å². The fraction of sp³-hybridized carbons (Fsp3) is 0.133. The smallest absolute Gasteiger partial charge is 0.354 e. The molecule has 0 aliphatic rings. The van der Waals surface area contributed by atoms with Crippen LogP contribution in [0, 0.1) is 18.3 Å². The molecule has 0 spiro atoms. The molecule has 0 saturated heterocycles. The molecular formula is C15H10BrF3N2. The fourth-order valence-corrected chi connectivity index (χ4v) is 2.38. The number of rotatable bonds is 2. The molecule has 2 rings (SSSR count). The monoisotopic (exact) mass is 354 g/mol. The first-order valence-electron chi connectivity index (χ1n) is 5.96. The average Bonchev–Trinajstić information content (AvgIpc) is 2.41. The number of nitriles is 1. The van der Waals surface area contributed by atoms with E-state index in [0.29, 0.717) is 11.4 Å². The highest BCUT2D eigenvalue weighted by molar-refractivity contribution is 9.10. The fourth-order valence-electron chi connectivity index (χ4n) is 1.79. The number of hydrogen-bond acceptors (Lipinski definition) is 2. The minimum atomic E-state index is -4.46. The zero-order valence-corrected chi connectivity index (χ0v) is 12.5. The SMILES string of the molecule is Cc1ccc(Nc2ccc(C(F)(F)F)cc2C#N)c(Br)c1. The van der Waals surface area contributed by atoms with Crippen LogP contribution in [0.2, 0.25) is 0 Å². The molecule has 6 heteroatoms. The molecule has 0 aliphatic heterocycles. The highest BCUT2D eigenvalue weighted by atomic mass is 79.9. The van der Waals surface area contributed by atoms with Crippen LogP contribution >= 0.6 is 15.9 Å². The molecule has 0 bridgehead atoms. The number of nitrogens with zero attached hydrogens (tertiary/aromatic N) is 1. The predicted octanol–water partition coefficient (Wildman–Crippen LogP) is 5.39. The quantitative estimate of drug-likeness (QED) is 0.784. The van der Waals surface area contributed by atoms with Crippen LogP contribution in [0.25, 0.3) is 0 Å². The Kier molecular flexibility index (Phi) is 4.24. The van der Waals surface area contributed by atoms with Crippen LogP contribution in [0.1, 0.15) is 16.7 Å². The Hall–Kier alpha value is -2.00. The molecule has 108 valence electrons. The normalized spacial score (nSPS) is 11.0. The maximum absolute atomic E-state index is 12.6. The summed E-state index contributed by atoms with van der Waals surface area (Å²) < 4.78 is 38.7. The molecule has 2 nitrogen and oxygen atoms in total. The summed E-state index contributed by atoms with van der Waals surface area (Å²) in [6.45, 7) is 1.92. The van der Waals surface area contributed by atoms with E-state index in [-0.39, 0.29) is 5.56 Å². The Bertz CT molecular complexity index is 718. The van der Waals surface area contributed by atoms with Crippen LogP contribution in [0.15, 0.2) is 40.9 Å². The molecule has 0 heterocycles. The molecule has 21 heavy (non-hydrogen) atoms. The lowest BCUT2D eigenvalue weighted by molar-refractivity contribution is -0.137. The summed E-state index contributed by atoms with van der Waals surface area (Å²) in [5.41, 5.74) is 1.15. The maximum Gasteiger partial charge on any atom is 0.416 e. The van der Waals surface area contributed by atoms with Gasteiger partial charge >= 0.3 is 6.18 Å². The van der Waals surface area contributed by atoms with Gasteiger partial charge in [-0.05, 0) is 58.7 Å². The van der Waals surface area contributed by atoms with Crippen LogP contribution in [-0.4, -0.2) is 0 Å². The largest absolute Gasteiger partial charge is 0.416 e. The molecular weight excluding hydrogens is 345 g/mol. The number of anilines is 2. The second-order valence-corrected chi connectivity index (χ2v) is 5.33. The lowest BCUT2D eigenvalue weighted by Crippen LogP contribution is -2.06. The molecule has 0 aromatic heterocycles. The van der Waals surface area contributed by atoms with Gasteiger partial charge in [0.15, 0.2) is 0 Å². The third kappa shape index (κ3) is 3.56. The summed E-state index contributed by atoms with van der Waals surface area (Å²) >= 11 is 3.37. The van der Waals surface area contributed by atoms with Gasteiger partial charge in [0.05, 0.1) is 22.5 Å². The van der Waals surface area contributed by atoms with Crippen LogP contribution in [0.5, 0.6) is 0 Å². The van der Waals surface area contributed by atoms with Gasteiger partial charge in [-0.15, -0.1) is 0 Å². The molecule has 0 radical (unpaired) electrons. The molecule has 0 aliphatic carbocycles. The number of benzene rings is 2. The number of halogens is 4. The van der Waals surface area contributed by atoms with Gasteiger partial charge < -0.3 is 5.32 Å². The van der Waals surface area contributed by atoms with E-state index in [9.17, 15) is 13.2 Å². The van der Waals surface area contributed by atoms with Gasteiger partial charge in [-0.1, -0.05) is 6.07 Å². The Morgan fingerprint density at radius 1 is 1.10 bits per heavy atom. The van der Waals surface area contributed by atoms with Crippen molar-refractivity contribution in [2.45, 2.75) is 13.1 Å². The summed E-state index contributed by atoms with van der Waals surface area (Å²) in [5.74, 6) is 0. The van der Waals surface area contributed by atoms with Crippen molar-refractivity contribution in [3.63, 3.8) is 0 Å². The van der Waals surface area contributed by atoms with Gasteiger partial charge in [0, 0.05) is 4.47 Å². The molecule has 2 aromatic carbocycles. The van der Waals surface area contributed by atoms with Gasteiger partial charge in [-0.2, -0.15) is 18.4 Å². The van der Waals surface area contributed by atoms with E-state index in [1.54, 1.807) is 12.1 Å². The van der Waals surface area contributed by atoms with E-state index >= 15 is 0 Å². The predicted molar refractivity (Wildman–Crippen MR) is 78.3 cm³/mol. The first-order valence-corrected chi connectivity index (χ1v) is 6.75. The van der Waals surface area contributed by atoms with Crippen LogP contribution < -0.4 is 5.32 Å². The number of hydrogen-bond donors (Lipinski definition) is 1. The summed E-state index contributed by atoms with van der Waals surface area (Å²) in [6, 6.07) is 10.4. The van der Waals surface area contributed by atoms with Crippen molar-refractivity contribution in [1.82, 2.24) is 0 Å². The first kappa shape index (κ1) is 15.4. The minimum Gasteiger partial charge on any atom is -0.354 e. The van der Waals surface area contributed by atoms with E-state index in [1.165, 1.54) is 6.07 Å². The molecule has 0 unspecified atom stereocenters. The van der Waals surface area contributed by atoms with Crippen molar-refractivity contribution in [1.29, 1.82) is 5.26 Å². The molecule has 2 aromatic rings. The van der Waals surface area contributed by atoms with Crippen molar-refractivity contribution in [3.8, 4) is 6.07 Å².